The average Bonchev–Trinajstić information content (AvgIpc) is 2.17. The molecule has 1 aromatic heterocycles. The SMILES string of the molecule is Cc1cccc2cc(C(=O)O)nc(Br)c12. The van der Waals surface area contributed by atoms with Gasteiger partial charge >= 0.3 is 5.97 Å². The molecule has 0 saturated heterocycles. The molecule has 2 rings (SSSR count). The summed E-state index contributed by atoms with van der Waals surface area (Å²) in [5.41, 5.74) is 1.13. The molecule has 76 valence electrons. The summed E-state index contributed by atoms with van der Waals surface area (Å²) in [4.78, 5) is 14.8. The van der Waals surface area contributed by atoms with E-state index in [0.29, 0.717) is 4.60 Å². The predicted molar refractivity (Wildman–Crippen MR) is 61.1 cm³/mol. The van der Waals surface area contributed by atoms with Crippen LogP contribution < -0.4 is 0 Å². The monoisotopic (exact) mass is 265 g/mol. The number of rotatable bonds is 1. The van der Waals surface area contributed by atoms with Crippen molar-refractivity contribution in [2.75, 3.05) is 0 Å². The van der Waals surface area contributed by atoms with E-state index in [1.54, 1.807) is 6.07 Å². The standard InChI is InChI=1S/C11H8BrNO2/c1-6-3-2-4-7-5-8(11(14)15)13-10(12)9(6)7/h2-5H,1H3,(H,14,15). The van der Waals surface area contributed by atoms with Crippen molar-refractivity contribution in [3.63, 3.8) is 0 Å². The van der Waals surface area contributed by atoms with Crippen LogP contribution in [0.2, 0.25) is 0 Å². The number of aromatic nitrogens is 1. The van der Waals surface area contributed by atoms with Crippen molar-refractivity contribution in [2.45, 2.75) is 6.92 Å². The molecule has 0 bridgehead atoms. The largest absolute Gasteiger partial charge is 0.477 e. The van der Waals surface area contributed by atoms with Gasteiger partial charge in [0.15, 0.2) is 0 Å². The van der Waals surface area contributed by atoms with Crippen LogP contribution in [0.25, 0.3) is 10.8 Å². The van der Waals surface area contributed by atoms with Crippen LogP contribution in [0.1, 0.15) is 16.1 Å². The fraction of sp³-hybridized carbons (Fsp3) is 0.0909. The zero-order chi connectivity index (χ0) is 11.0. The fourth-order valence-corrected chi connectivity index (χ4v) is 2.28. The van der Waals surface area contributed by atoms with Crippen LogP contribution in [0.4, 0.5) is 0 Å². The highest BCUT2D eigenvalue weighted by molar-refractivity contribution is 9.10. The molecule has 0 fully saturated rings. The van der Waals surface area contributed by atoms with E-state index >= 15 is 0 Å². The number of aromatic carboxylic acids is 1. The first kappa shape index (κ1) is 10.1. The van der Waals surface area contributed by atoms with Crippen LogP contribution in [0.5, 0.6) is 0 Å². The number of carboxylic acid groups (broad SMARTS) is 1. The molecule has 0 spiro atoms. The molecule has 1 N–H and O–H groups in total. The lowest BCUT2D eigenvalue weighted by Gasteiger charge is -2.04. The molecule has 0 radical (unpaired) electrons. The quantitative estimate of drug-likeness (QED) is 0.807. The van der Waals surface area contributed by atoms with E-state index in [1.807, 2.05) is 25.1 Å². The molecule has 3 nitrogen and oxygen atoms in total. The third kappa shape index (κ3) is 1.72. The number of pyridine rings is 1. The minimum atomic E-state index is -1.01. The van der Waals surface area contributed by atoms with Gasteiger partial charge in [-0.15, -0.1) is 0 Å². The molecule has 0 amide bonds. The number of nitrogens with zero attached hydrogens (tertiary/aromatic N) is 1. The number of benzene rings is 1. The van der Waals surface area contributed by atoms with Crippen molar-refractivity contribution in [1.82, 2.24) is 4.98 Å². The Kier molecular flexibility index (Phi) is 2.44. The van der Waals surface area contributed by atoms with Crippen LogP contribution >= 0.6 is 15.9 Å². The van der Waals surface area contributed by atoms with Gasteiger partial charge in [-0.1, -0.05) is 18.2 Å². The summed E-state index contributed by atoms with van der Waals surface area (Å²) >= 11 is 3.29. The lowest BCUT2D eigenvalue weighted by Crippen LogP contribution is -2.00. The molecule has 1 aromatic carbocycles. The molecule has 1 heterocycles. The molecule has 0 unspecified atom stereocenters. The summed E-state index contributed by atoms with van der Waals surface area (Å²) in [5.74, 6) is -1.01. The Balaban J connectivity index is 2.84. The first-order valence-electron chi connectivity index (χ1n) is 4.39. The maximum Gasteiger partial charge on any atom is 0.354 e. The van der Waals surface area contributed by atoms with E-state index in [0.717, 1.165) is 16.3 Å². The first-order chi connectivity index (χ1) is 7.09. The van der Waals surface area contributed by atoms with Crippen LogP contribution in [-0.4, -0.2) is 16.1 Å². The fourth-order valence-electron chi connectivity index (χ4n) is 1.54. The summed E-state index contributed by atoms with van der Waals surface area (Å²) in [6.45, 7) is 1.97. The topological polar surface area (TPSA) is 50.2 Å². The smallest absolute Gasteiger partial charge is 0.354 e. The highest BCUT2D eigenvalue weighted by atomic mass is 79.9. The van der Waals surface area contributed by atoms with Gasteiger partial charge in [0.2, 0.25) is 0 Å². The van der Waals surface area contributed by atoms with Crippen molar-refractivity contribution in [3.8, 4) is 0 Å². The van der Waals surface area contributed by atoms with E-state index in [2.05, 4.69) is 20.9 Å². The summed E-state index contributed by atoms with van der Waals surface area (Å²) < 4.78 is 0.579. The van der Waals surface area contributed by atoms with Gasteiger partial charge in [0.1, 0.15) is 10.3 Å². The molecular weight excluding hydrogens is 258 g/mol. The summed E-state index contributed by atoms with van der Waals surface area (Å²) in [7, 11) is 0. The Labute approximate surface area is 94.9 Å². The predicted octanol–water partition coefficient (Wildman–Crippen LogP) is 3.00. The second-order valence-electron chi connectivity index (χ2n) is 3.28. The van der Waals surface area contributed by atoms with Gasteiger partial charge in [0.25, 0.3) is 0 Å². The van der Waals surface area contributed by atoms with Crippen molar-refractivity contribution < 1.29 is 9.90 Å². The first-order valence-corrected chi connectivity index (χ1v) is 5.18. The molecular formula is C11H8BrNO2. The highest BCUT2D eigenvalue weighted by Gasteiger charge is 2.10. The number of halogens is 1. The van der Waals surface area contributed by atoms with Gasteiger partial charge in [0, 0.05) is 5.39 Å². The molecule has 0 atom stereocenters. The van der Waals surface area contributed by atoms with Crippen molar-refractivity contribution in [2.24, 2.45) is 0 Å². The number of aryl methyl sites for hydroxylation is 1. The maximum absolute atomic E-state index is 10.8. The zero-order valence-electron chi connectivity index (χ0n) is 7.99. The van der Waals surface area contributed by atoms with Gasteiger partial charge in [0.05, 0.1) is 0 Å². The molecule has 0 aliphatic carbocycles. The minimum Gasteiger partial charge on any atom is -0.477 e. The van der Waals surface area contributed by atoms with E-state index in [-0.39, 0.29) is 5.69 Å². The zero-order valence-corrected chi connectivity index (χ0v) is 9.58. The maximum atomic E-state index is 10.8. The Bertz CT molecular complexity index is 552. The highest BCUT2D eigenvalue weighted by Crippen LogP contribution is 2.26. The van der Waals surface area contributed by atoms with Gasteiger partial charge in [-0.25, -0.2) is 9.78 Å². The Morgan fingerprint density at radius 3 is 2.87 bits per heavy atom. The van der Waals surface area contributed by atoms with Gasteiger partial charge in [-0.2, -0.15) is 0 Å². The molecule has 0 aliphatic rings. The van der Waals surface area contributed by atoms with Crippen molar-refractivity contribution in [1.29, 1.82) is 0 Å². The second-order valence-corrected chi connectivity index (χ2v) is 4.03. The molecule has 4 heteroatoms. The number of hydrogen-bond acceptors (Lipinski definition) is 2. The number of carbonyl (C=O) groups is 1. The van der Waals surface area contributed by atoms with Gasteiger partial charge in [-0.3, -0.25) is 0 Å². The van der Waals surface area contributed by atoms with E-state index in [1.165, 1.54) is 0 Å². The molecule has 2 aromatic rings. The Morgan fingerprint density at radius 1 is 1.47 bits per heavy atom. The summed E-state index contributed by atoms with van der Waals surface area (Å²) in [5, 5.41) is 10.7. The molecule has 15 heavy (non-hydrogen) atoms. The third-order valence-corrected chi connectivity index (χ3v) is 2.82. The lowest BCUT2D eigenvalue weighted by atomic mass is 10.1. The van der Waals surface area contributed by atoms with E-state index in [9.17, 15) is 4.79 Å². The third-order valence-electron chi connectivity index (χ3n) is 2.24. The van der Waals surface area contributed by atoms with Crippen LogP contribution in [-0.2, 0) is 0 Å². The minimum absolute atomic E-state index is 0.0555. The number of hydrogen-bond donors (Lipinski definition) is 1. The second kappa shape index (κ2) is 3.62. The van der Waals surface area contributed by atoms with Crippen molar-refractivity contribution >= 4 is 32.7 Å². The summed E-state index contributed by atoms with van der Waals surface area (Å²) in [6.07, 6.45) is 0. The van der Waals surface area contributed by atoms with Crippen LogP contribution in [0.3, 0.4) is 0 Å². The normalized spacial score (nSPS) is 10.5. The number of fused-ring (bicyclic) bond motifs is 1. The average molecular weight is 266 g/mol. The summed E-state index contributed by atoms with van der Waals surface area (Å²) in [6, 6.07) is 7.32. The van der Waals surface area contributed by atoms with Crippen molar-refractivity contribution in [3.05, 3.63) is 40.1 Å². The lowest BCUT2D eigenvalue weighted by molar-refractivity contribution is 0.0690. The van der Waals surface area contributed by atoms with Crippen LogP contribution in [0, 0.1) is 6.92 Å². The number of carboxylic acids is 1. The van der Waals surface area contributed by atoms with Gasteiger partial charge < -0.3 is 5.11 Å². The Hall–Kier alpha value is -1.42. The van der Waals surface area contributed by atoms with E-state index in [4.69, 9.17) is 5.11 Å². The molecule has 0 aliphatic heterocycles. The Morgan fingerprint density at radius 2 is 2.20 bits per heavy atom. The van der Waals surface area contributed by atoms with Gasteiger partial charge in [-0.05, 0) is 39.9 Å². The molecule has 0 saturated carbocycles. The van der Waals surface area contributed by atoms with Crippen LogP contribution in [0.15, 0.2) is 28.9 Å². The van der Waals surface area contributed by atoms with E-state index < -0.39 is 5.97 Å².